The maximum absolute atomic E-state index is 12.9. The average molecular weight is 396 g/mol. The minimum absolute atomic E-state index is 0.120. The summed E-state index contributed by atoms with van der Waals surface area (Å²) < 4.78 is 0. The quantitative estimate of drug-likeness (QED) is 0.709. The third-order valence-corrected chi connectivity index (χ3v) is 6.89. The summed E-state index contributed by atoms with van der Waals surface area (Å²) in [5.41, 5.74) is 7.93. The highest BCUT2D eigenvalue weighted by atomic mass is 16.2. The predicted octanol–water partition coefficient (Wildman–Crippen LogP) is 0.257. The lowest BCUT2D eigenvalue weighted by molar-refractivity contribution is -0.136. The molecule has 4 aliphatic rings. The number of piperidine rings is 2. The number of carbonyl (C=O) groups excluding carboxylic acids is 4. The number of likely N-dealkylation sites (tertiary alicyclic amines) is 1. The summed E-state index contributed by atoms with van der Waals surface area (Å²) >= 11 is 0. The number of rotatable bonds is 3. The molecule has 1 aromatic carbocycles. The summed E-state index contributed by atoms with van der Waals surface area (Å²) in [6, 6.07) is 4.71. The number of amides is 4. The van der Waals surface area contributed by atoms with Crippen LogP contribution in [0.3, 0.4) is 0 Å². The van der Waals surface area contributed by atoms with Gasteiger partial charge in [0.25, 0.3) is 11.8 Å². The second kappa shape index (κ2) is 6.74. The van der Waals surface area contributed by atoms with Crippen molar-refractivity contribution in [2.45, 2.75) is 44.3 Å². The van der Waals surface area contributed by atoms with Crippen molar-refractivity contribution in [1.29, 1.82) is 0 Å². The number of hydrogen-bond acceptors (Lipinski definition) is 6. The van der Waals surface area contributed by atoms with Crippen LogP contribution < -0.4 is 11.1 Å². The fourth-order valence-electron chi connectivity index (χ4n) is 5.37. The molecular formula is C21H24N4O4. The molecule has 1 saturated carbocycles. The Balaban J connectivity index is 1.35. The van der Waals surface area contributed by atoms with Crippen molar-refractivity contribution in [3.63, 3.8) is 0 Å². The Bertz CT molecular complexity index is 915. The minimum Gasteiger partial charge on any atom is -0.327 e. The van der Waals surface area contributed by atoms with Gasteiger partial charge in [-0.25, -0.2) is 0 Å². The Morgan fingerprint density at radius 1 is 0.966 bits per heavy atom. The summed E-state index contributed by atoms with van der Waals surface area (Å²) in [6.07, 6.45) is 2.65. The van der Waals surface area contributed by atoms with E-state index >= 15 is 0 Å². The smallest absolute Gasteiger partial charge is 0.262 e. The number of imide groups is 2. The number of hydrogen-bond donors (Lipinski definition) is 2. The molecule has 2 saturated heterocycles. The van der Waals surface area contributed by atoms with E-state index in [0.29, 0.717) is 35.5 Å². The number of nitrogens with two attached hydrogens (primary N) is 1. The van der Waals surface area contributed by atoms with Crippen LogP contribution >= 0.6 is 0 Å². The molecule has 8 heteroatoms. The first kappa shape index (κ1) is 18.4. The van der Waals surface area contributed by atoms with Crippen LogP contribution in [0.4, 0.5) is 0 Å². The number of fused-ring (bicyclic) bond motifs is 3. The molecule has 3 atom stereocenters. The molecule has 1 aliphatic carbocycles. The Labute approximate surface area is 168 Å². The van der Waals surface area contributed by atoms with E-state index in [1.807, 2.05) is 6.07 Å². The molecule has 3 heterocycles. The normalized spacial score (nSPS) is 32.0. The van der Waals surface area contributed by atoms with Crippen LogP contribution in [-0.4, -0.2) is 58.6 Å². The lowest BCUT2D eigenvalue weighted by Crippen LogP contribution is -2.54. The van der Waals surface area contributed by atoms with Crippen molar-refractivity contribution in [1.82, 2.24) is 15.1 Å². The number of nitrogens with zero attached hydrogens (tertiary/aromatic N) is 2. The molecule has 152 valence electrons. The van der Waals surface area contributed by atoms with Gasteiger partial charge in [-0.05, 0) is 48.8 Å². The van der Waals surface area contributed by atoms with Gasteiger partial charge >= 0.3 is 0 Å². The largest absolute Gasteiger partial charge is 0.327 e. The van der Waals surface area contributed by atoms with Gasteiger partial charge in [0, 0.05) is 32.1 Å². The van der Waals surface area contributed by atoms with Crippen molar-refractivity contribution < 1.29 is 19.2 Å². The fraction of sp³-hybridized carbons (Fsp3) is 0.524. The van der Waals surface area contributed by atoms with Crippen molar-refractivity contribution in [3.05, 3.63) is 34.9 Å². The molecule has 2 bridgehead atoms. The average Bonchev–Trinajstić information content (AvgIpc) is 3.04. The first-order chi connectivity index (χ1) is 13.9. The lowest BCUT2D eigenvalue weighted by atomic mass is 9.92. The van der Waals surface area contributed by atoms with Gasteiger partial charge in [-0.2, -0.15) is 0 Å². The van der Waals surface area contributed by atoms with Gasteiger partial charge in [0.1, 0.15) is 6.04 Å². The molecule has 8 nitrogen and oxygen atoms in total. The molecule has 3 unspecified atom stereocenters. The van der Waals surface area contributed by atoms with Gasteiger partial charge in [0.2, 0.25) is 11.8 Å². The third-order valence-electron chi connectivity index (χ3n) is 6.89. The molecule has 0 spiro atoms. The van der Waals surface area contributed by atoms with E-state index in [0.717, 1.165) is 23.6 Å². The topological polar surface area (TPSA) is 113 Å². The molecule has 3 aliphatic heterocycles. The molecule has 5 rings (SSSR count). The number of carbonyl (C=O) groups is 4. The molecule has 0 radical (unpaired) electrons. The zero-order chi connectivity index (χ0) is 20.3. The maximum atomic E-state index is 12.9. The number of benzene rings is 1. The van der Waals surface area contributed by atoms with Crippen LogP contribution in [0.1, 0.15) is 52.0 Å². The van der Waals surface area contributed by atoms with Gasteiger partial charge in [-0.1, -0.05) is 6.07 Å². The summed E-state index contributed by atoms with van der Waals surface area (Å²) in [4.78, 5) is 52.7. The van der Waals surface area contributed by atoms with Gasteiger partial charge in [0.05, 0.1) is 11.1 Å². The minimum atomic E-state index is -0.928. The van der Waals surface area contributed by atoms with Crippen LogP contribution in [0.2, 0.25) is 0 Å². The molecule has 0 aromatic heterocycles. The highest BCUT2D eigenvalue weighted by molar-refractivity contribution is 6.23. The van der Waals surface area contributed by atoms with E-state index in [-0.39, 0.29) is 18.7 Å². The van der Waals surface area contributed by atoms with Crippen molar-refractivity contribution >= 4 is 23.6 Å². The van der Waals surface area contributed by atoms with E-state index in [1.165, 1.54) is 12.8 Å². The van der Waals surface area contributed by atoms with Crippen LogP contribution in [0.25, 0.3) is 0 Å². The Kier molecular flexibility index (Phi) is 4.29. The zero-order valence-corrected chi connectivity index (χ0v) is 16.1. The first-order valence-corrected chi connectivity index (χ1v) is 10.2. The molecular weight excluding hydrogens is 372 g/mol. The molecule has 3 N–H and O–H groups in total. The maximum Gasteiger partial charge on any atom is 0.262 e. The van der Waals surface area contributed by atoms with E-state index in [1.54, 1.807) is 12.1 Å². The summed E-state index contributed by atoms with van der Waals surface area (Å²) in [5, 5.41) is 2.22. The van der Waals surface area contributed by atoms with Gasteiger partial charge in [-0.3, -0.25) is 34.3 Å². The fourth-order valence-corrected chi connectivity index (χ4v) is 5.37. The standard InChI is InChI=1S/C21H24N4O4/c22-18-12-2-3-13(18)10-24(9-12)8-11-1-4-14-15(7-11)21(29)25(20(14)28)16-5-6-17(26)23-19(16)27/h1,4,7,12-13,16,18H,2-3,5-6,8-10,22H2,(H,23,26,27). The van der Waals surface area contributed by atoms with Gasteiger partial charge in [0.15, 0.2) is 0 Å². The molecule has 3 fully saturated rings. The Morgan fingerprint density at radius 2 is 1.66 bits per heavy atom. The summed E-state index contributed by atoms with van der Waals surface area (Å²) in [6.45, 7) is 2.64. The second-order valence-corrected chi connectivity index (χ2v) is 8.70. The van der Waals surface area contributed by atoms with Crippen LogP contribution in [0, 0.1) is 11.8 Å². The predicted molar refractivity (Wildman–Crippen MR) is 103 cm³/mol. The van der Waals surface area contributed by atoms with Gasteiger partial charge < -0.3 is 5.73 Å². The van der Waals surface area contributed by atoms with E-state index in [2.05, 4.69) is 10.2 Å². The highest BCUT2D eigenvalue weighted by Gasteiger charge is 2.45. The van der Waals surface area contributed by atoms with Crippen molar-refractivity contribution in [2.75, 3.05) is 13.1 Å². The monoisotopic (exact) mass is 396 g/mol. The summed E-state index contributed by atoms with van der Waals surface area (Å²) in [7, 11) is 0. The van der Waals surface area contributed by atoms with Crippen LogP contribution in [0.15, 0.2) is 18.2 Å². The molecule has 29 heavy (non-hydrogen) atoms. The molecule has 4 amide bonds. The second-order valence-electron chi connectivity index (χ2n) is 8.70. The highest BCUT2D eigenvalue weighted by Crippen LogP contribution is 2.36. The van der Waals surface area contributed by atoms with E-state index in [9.17, 15) is 19.2 Å². The third kappa shape index (κ3) is 2.98. The van der Waals surface area contributed by atoms with Gasteiger partial charge in [-0.15, -0.1) is 0 Å². The van der Waals surface area contributed by atoms with Crippen LogP contribution in [0.5, 0.6) is 0 Å². The lowest BCUT2D eigenvalue weighted by Gasteiger charge is -2.36. The van der Waals surface area contributed by atoms with Crippen molar-refractivity contribution in [3.8, 4) is 0 Å². The van der Waals surface area contributed by atoms with Crippen molar-refractivity contribution in [2.24, 2.45) is 17.6 Å². The molecule has 1 aromatic rings. The SMILES string of the molecule is NC1C2CCC1CN(Cc1ccc3c(c1)C(=O)N(C1CCC(=O)NC1=O)C3=O)C2. The summed E-state index contributed by atoms with van der Waals surface area (Å²) in [5.74, 6) is -0.810. The number of nitrogens with one attached hydrogen (secondary N) is 1. The zero-order valence-electron chi connectivity index (χ0n) is 16.1. The Morgan fingerprint density at radius 3 is 2.34 bits per heavy atom. The van der Waals surface area contributed by atoms with E-state index in [4.69, 9.17) is 5.73 Å². The van der Waals surface area contributed by atoms with Crippen LogP contribution in [-0.2, 0) is 16.1 Å². The van der Waals surface area contributed by atoms with E-state index < -0.39 is 23.8 Å². The Hall–Kier alpha value is -2.58. The first-order valence-electron chi connectivity index (χ1n) is 10.2.